The summed E-state index contributed by atoms with van der Waals surface area (Å²) >= 11 is 0. The number of urea groups is 1. The molecule has 0 atom stereocenters. The number of aromatic nitrogens is 2. The van der Waals surface area contributed by atoms with E-state index in [2.05, 4.69) is 26.1 Å². The first kappa shape index (κ1) is 18.2. The van der Waals surface area contributed by atoms with Crippen LogP contribution in [0.15, 0.2) is 22.7 Å². The summed E-state index contributed by atoms with van der Waals surface area (Å²) in [5.74, 6) is 1.40. The summed E-state index contributed by atoms with van der Waals surface area (Å²) in [7, 11) is 1.50. The highest BCUT2D eigenvalue weighted by Gasteiger charge is 2.09. The number of ether oxygens (including phenoxy) is 1. The summed E-state index contributed by atoms with van der Waals surface area (Å²) in [6.07, 6.45) is 1.14. The molecule has 1 aromatic heterocycles. The van der Waals surface area contributed by atoms with Crippen molar-refractivity contribution in [2.24, 2.45) is 0 Å². The van der Waals surface area contributed by atoms with Gasteiger partial charge in [0.15, 0.2) is 5.82 Å². The third-order valence-corrected chi connectivity index (χ3v) is 3.21. The van der Waals surface area contributed by atoms with Crippen LogP contribution >= 0.6 is 0 Å². The van der Waals surface area contributed by atoms with Crippen molar-refractivity contribution < 1.29 is 18.8 Å². The van der Waals surface area contributed by atoms with Crippen molar-refractivity contribution in [2.75, 3.05) is 24.3 Å². The third kappa shape index (κ3) is 5.48. The molecule has 2 rings (SSSR count). The fourth-order valence-corrected chi connectivity index (χ4v) is 2.07. The molecule has 0 aliphatic heterocycles. The minimum atomic E-state index is -0.377. The Hall–Kier alpha value is -3.10. The topological polar surface area (TPSA) is 118 Å². The normalized spacial score (nSPS) is 10.2. The van der Waals surface area contributed by atoms with Gasteiger partial charge in [0.2, 0.25) is 11.8 Å². The van der Waals surface area contributed by atoms with E-state index in [1.165, 1.54) is 14.0 Å². The number of benzene rings is 1. The highest BCUT2D eigenvalue weighted by molar-refractivity contribution is 5.94. The van der Waals surface area contributed by atoms with Crippen LogP contribution in [0.25, 0.3) is 0 Å². The molecule has 9 nitrogen and oxygen atoms in total. The van der Waals surface area contributed by atoms with E-state index in [1.807, 2.05) is 6.92 Å². The van der Waals surface area contributed by atoms with Gasteiger partial charge in [0, 0.05) is 32.0 Å². The van der Waals surface area contributed by atoms with E-state index in [-0.39, 0.29) is 11.9 Å². The zero-order chi connectivity index (χ0) is 18.2. The van der Waals surface area contributed by atoms with E-state index in [0.29, 0.717) is 48.2 Å². The summed E-state index contributed by atoms with van der Waals surface area (Å²) in [5.41, 5.74) is 1.00. The third-order valence-electron chi connectivity index (χ3n) is 3.21. The average molecular weight is 347 g/mol. The number of rotatable bonds is 7. The largest absolute Gasteiger partial charge is 0.495 e. The number of hydrogen-bond acceptors (Lipinski definition) is 6. The van der Waals surface area contributed by atoms with Gasteiger partial charge >= 0.3 is 6.03 Å². The van der Waals surface area contributed by atoms with Crippen molar-refractivity contribution in [1.29, 1.82) is 0 Å². The molecular weight excluding hydrogens is 326 g/mol. The average Bonchev–Trinajstić information content (AvgIpc) is 3.02. The Labute approximate surface area is 145 Å². The monoisotopic (exact) mass is 347 g/mol. The van der Waals surface area contributed by atoms with Crippen LogP contribution in [0.1, 0.15) is 25.6 Å². The summed E-state index contributed by atoms with van der Waals surface area (Å²) in [6, 6.07) is 4.58. The summed E-state index contributed by atoms with van der Waals surface area (Å²) in [5, 5.41) is 11.9. The fraction of sp³-hybridized carbons (Fsp3) is 0.375. The Morgan fingerprint density at radius 3 is 2.72 bits per heavy atom. The number of nitrogens with one attached hydrogen (secondary N) is 3. The molecule has 3 amide bonds. The van der Waals surface area contributed by atoms with Crippen LogP contribution in [0, 0.1) is 0 Å². The standard InChI is InChI=1S/C16H21N5O4/c1-4-15-20-14(21-25-15)7-8-17-16(23)19-11-5-6-13(24-3)12(9-11)18-10(2)22/h5-6,9H,4,7-8H2,1-3H3,(H,18,22)(H2,17,19,23). The van der Waals surface area contributed by atoms with Crippen molar-refractivity contribution in [3.63, 3.8) is 0 Å². The molecule has 0 aliphatic rings. The number of hydrogen-bond donors (Lipinski definition) is 3. The summed E-state index contributed by atoms with van der Waals surface area (Å²) in [4.78, 5) is 27.3. The molecular formula is C16H21N5O4. The maximum Gasteiger partial charge on any atom is 0.319 e. The second-order valence-corrected chi connectivity index (χ2v) is 5.19. The van der Waals surface area contributed by atoms with Crippen molar-refractivity contribution in [3.05, 3.63) is 29.9 Å². The van der Waals surface area contributed by atoms with E-state index in [1.54, 1.807) is 18.2 Å². The Bertz CT molecular complexity index is 744. The zero-order valence-corrected chi connectivity index (χ0v) is 14.4. The number of carbonyl (C=O) groups is 2. The zero-order valence-electron chi connectivity index (χ0n) is 14.4. The first-order valence-corrected chi connectivity index (χ1v) is 7.83. The van der Waals surface area contributed by atoms with Gasteiger partial charge in [-0.25, -0.2) is 4.79 Å². The Balaban J connectivity index is 1.87. The number of amides is 3. The number of anilines is 2. The lowest BCUT2D eigenvalue weighted by Gasteiger charge is -2.12. The minimum Gasteiger partial charge on any atom is -0.495 e. The summed E-state index contributed by atoms with van der Waals surface area (Å²) in [6.45, 7) is 3.68. The molecule has 0 saturated carbocycles. The number of aryl methyl sites for hydroxylation is 1. The Morgan fingerprint density at radius 2 is 2.08 bits per heavy atom. The van der Waals surface area contributed by atoms with E-state index in [4.69, 9.17) is 9.26 Å². The molecule has 0 fully saturated rings. The van der Waals surface area contributed by atoms with Gasteiger partial charge in [-0.05, 0) is 18.2 Å². The molecule has 1 aromatic carbocycles. The van der Waals surface area contributed by atoms with Gasteiger partial charge in [-0.3, -0.25) is 4.79 Å². The number of methoxy groups -OCH3 is 1. The van der Waals surface area contributed by atoms with Crippen molar-refractivity contribution in [2.45, 2.75) is 26.7 Å². The van der Waals surface area contributed by atoms with Gasteiger partial charge in [-0.15, -0.1) is 0 Å². The van der Waals surface area contributed by atoms with E-state index < -0.39 is 0 Å². The van der Waals surface area contributed by atoms with Crippen LogP contribution < -0.4 is 20.7 Å². The smallest absolute Gasteiger partial charge is 0.319 e. The first-order valence-electron chi connectivity index (χ1n) is 7.83. The number of nitrogens with zero attached hydrogens (tertiary/aromatic N) is 2. The van der Waals surface area contributed by atoms with Crippen LogP contribution in [0.4, 0.5) is 16.2 Å². The molecule has 0 saturated heterocycles. The van der Waals surface area contributed by atoms with Crippen LogP contribution in [-0.4, -0.2) is 35.7 Å². The molecule has 2 aromatic rings. The molecule has 134 valence electrons. The highest BCUT2D eigenvalue weighted by Crippen LogP contribution is 2.27. The molecule has 0 bridgehead atoms. The van der Waals surface area contributed by atoms with Gasteiger partial charge in [-0.1, -0.05) is 12.1 Å². The Kier molecular flexibility index (Phi) is 6.33. The molecule has 1 heterocycles. The van der Waals surface area contributed by atoms with Crippen LogP contribution in [-0.2, 0) is 17.6 Å². The van der Waals surface area contributed by atoms with Crippen LogP contribution in [0.2, 0.25) is 0 Å². The quantitative estimate of drug-likeness (QED) is 0.704. The van der Waals surface area contributed by atoms with Gasteiger partial charge in [-0.2, -0.15) is 4.98 Å². The molecule has 9 heteroatoms. The minimum absolute atomic E-state index is 0.230. The molecule has 0 unspecified atom stereocenters. The van der Waals surface area contributed by atoms with E-state index in [0.717, 1.165) is 0 Å². The first-order chi connectivity index (χ1) is 12.0. The highest BCUT2D eigenvalue weighted by atomic mass is 16.5. The van der Waals surface area contributed by atoms with Crippen molar-refractivity contribution >= 4 is 23.3 Å². The van der Waals surface area contributed by atoms with E-state index in [9.17, 15) is 9.59 Å². The Morgan fingerprint density at radius 1 is 1.28 bits per heavy atom. The second-order valence-electron chi connectivity index (χ2n) is 5.19. The molecule has 0 radical (unpaired) electrons. The van der Waals surface area contributed by atoms with Crippen molar-refractivity contribution in [1.82, 2.24) is 15.5 Å². The second kappa shape index (κ2) is 8.67. The van der Waals surface area contributed by atoms with Crippen LogP contribution in [0.3, 0.4) is 0 Å². The number of carbonyl (C=O) groups excluding carboxylic acids is 2. The molecule has 25 heavy (non-hydrogen) atoms. The van der Waals surface area contributed by atoms with Gasteiger partial charge in [0.05, 0.1) is 12.8 Å². The molecule has 3 N–H and O–H groups in total. The lowest BCUT2D eigenvalue weighted by molar-refractivity contribution is -0.114. The van der Waals surface area contributed by atoms with Gasteiger partial charge in [0.1, 0.15) is 5.75 Å². The SMILES string of the molecule is CCc1nc(CCNC(=O)Nc2ccc(OC)c(NC(C)=O)c2)no1. The fourth-order valence-electron chi connectivity index (χ4n) is 2.07. The molecule has 0 spiro atoms. The van der Waals surface area contributed by atoms with Gasteiger partial charge in [0.25, 0.3) is 0 Å². The maximum absolute atomic E-state index is 11.9. The van der Waals surface area contributed by atoms with Crippen molar-refractivity contribution in [3.8, 4) is 5.75 Å². The molecule has 0 aliphatic carbocycles. The lowest BCUT2D eigenvalue weighted by atomic mass is 10.2. The lowest BCUT2D eigenvalue weighted by Crippen LogP contribution is -2.30. The van der Waals surface area contributed by atoms with Crippen LogP contribution in [0.5, 0.6) is 5.75 Å². The summed E-state index contributed by atoms with van der Waals surface area (Å²) < 4.78 is 10.2. The maximum atomic E-state index is 11.9. The predicted octanol–water partition coefficient (Wildman–Crippen LogP) is 1.96. The van der Waals surface area contributed by atoms with E-state index >= 15 is 0 Å². The predicted molar refractivity (Wildman–Crippen MR) is 91.7 cm³/mol. The van der Waals surface area contributed by atoms with Gasteiger partial charge < -0.3 is 25.2 Å².